The summed E-state index contributed by atoms with van der Waals surface area (Å²) >= 11 is 4.00. The molecule has 0 fully saturated rings. The van der Waals surface area contributed by atoms with Gasteiger partial charge in [0.25, 0.3) is 0 Å². The van der Waals surface area contributed by atoms with Crippen LogP contribution in [0, 0.1) is 0 Å². The van der Waals surface area contributed by atoms with Crippen LogP contribution in [-0.2, 0) is 0 Å². The molecule has 4 heteroatoms. The fourth-order valence-corrected chi connectivity index (χ4v) is 6.34. The monoisotopic (exact) mass is 387 g/mol. The van der Waals surface area contributed by atoms with Crippen molar-refractivity contribution in [2.45, 2.75) is 4.90 Å². The Kier molecular flexibility index (Phi) is 3.93. The molecule has 0 radical (unpaired) electrons. The Bertz CT molecular complexity index is 907. The van der Waals surface area contributed by atoms with Crippen LogP contribution in [0.1, 0.15) is 0 Å². The Labute approximate surface area is 143 Å². The third kappa shape index (κ3) is 2.57. The minimum atomic E-state index is 0.393. The summed E-state index contributed by atoms with van der Waals surface area (Å²) in [5.41, 5.74) is 3.73. The van der Waals surface area contributed by atoms with E-state index in [0.29, 0.717) is 14.5 Å². The quantitative estimate of drug-likeness (QED) is 0.345. The van der Waals surface area contributed by atoms with Crippen LogP contribution in [0.4, 0.5) is 0 Å². The van der Waals surface area contributed by atoms with Crippen molar-refractivity contribution in [1.29, 1.82) is 0 Å². The summed E-state index contributed by atoms with van der Waals surface area (Å²) in [4.78, 5) is 8.45. The summed E-state index contributed by atoms with van der Waals surface area (Å²) in [6, 6.07) is 19.4. The molecular weight excluding hydrogens is 373 g/mol. The second-order valence-electron chi connectivity index (χ2n) is 4.89. The van der Waals surface area contributed by atoms with E-state index in [9.17, 15) is 0 Å². The number of fused-ring (bicyclic) bond motifs is 1. The van der Waals surface area contributed by atoms with E-state index in [1.807, 2.05) is 17.4 Å². The Balaban J connectivity index is 1.80. The van der Waals surface area contributed by atoms with Crippen LogP contribution < -0.4 is 0 Å². The fourth-order valence-electron chi connectivity index (χ4n) is 2.39. The number of rotatable bonds is 3. The molecule has 4 rings (SSSR count). The summed E-state index contributed by atoms with van der Waals surface area (Å²) in [7, 11) is 0. The molecular formula is C18H13NS2Se. The van der Waals surface area contributed by atoms with Crippen molar-refractivity contribution in [2.24, 2.45) is 0 Å². The molecule has 0 atom stereocenters. The predicted molar refractivity (Wildman–Crippen MR) is 99.2 cm³/mol. The van der Waals surface area contributed by atoms with Crippen LogP contribution in [0.2, 0.25) is 0 Å². The van der Waals surface area contributed by atoms with E-state index in [4.69, 9.17) is 4.98 Å². The van der Waals surface area contributed by atoms with Gasteiger partial charge in [-0.25, -0.2) is 0 Å². The molecule has 0 saturated heterocycles. The topological polar surface area (TPSA) is 12.9 Å². The summed E-state index contributed by atoms with van der Waals surface area (Å²) < 4.78 is 2.82. The van der Waals surface area contributed by atoms with Crippen LogP contribution in [0.3, 0.4) is 0 Å². The molecule has 108 valence electrons. The average molecular weight is 386 g/mol. The van der Waals surface area contributed by atoms with Gasteiger partial charge in [0.15, 0.2) is 0 Å². The van der Waals surface area contributed by atoms with E-state index in [1.165, 1.54) is 30.7 Å². The Morgan fingerprint density at radius 1 is 0.955 bits per heavy atom. The molecule has 1 nitrogen and oxygen atoms in total. The van der Waals surface area contributed by atoms with Gasteiger partial charge >= 0.3 is 144 Å². The van der Waals surface area contributed by atoms with Gasteiger partial charge in [-0.1, -0.05) is 0 Å². The predicted octanol–water partition coefficient (Wildman–Crippen LogP) is 5.41. The molecule has 0 aliphatic heterocycles. The van der Waals surface area contributed by atoms with Crippen molar-refractivity contribution in [3.05, 3.63) is 59.5 Å². The van der Waals surface area contributed by atoms with Crippen LogP contribution in [0.25, 0.3) is 30.8 Å². The molecule has 0 spiro atoms. The zero-order chi connectivity index (χ0) is 14.9. The minimum absolute atomic E-state index is 0.393. The van der Waals surface area contributed by atoms with Crippen molar-refractivity contribution in [1.82, 2.24) is 4.98 Å². The number of hydrogen-bond acceptors (Lipinski definition) is 3. The molecule has 0 aliphatic carbocycles. The van der Waals surface area contributed by atoms with Gasteiger partial charge < -0.3 is 0 Å². The molecule has 0 saturated carbocycles. The van der Waals surface area contributed by atoms with Gasteiger partial charge in [0, 0.05) is 0 Å². The number of aromatic nitrogens is 1. The van der Waals surface area contributed by atoms with E-state index in [-0.39, 0.29) is 0 Å². The Hall–Kier alpha value is -1.32. The zero-order valence-electron chi connectivity index (χ0n) is 11.9. The van der Waals surface area contributed by atoms with Crippen molar-refractivity contribution >= 4 is 47.8 Å². The normalized spacial score (nSPS) is 11.1. The maximum atomic E-state index is 4.82. The van der Waals surface area contributed by atoms with Crippen LogP contribution >= 0.6 is 23.1 Å². The van der Waals surface area contributed by atoms with E-state index in [2.05, 4.69) is 59.7 Å². The average Bonchev–Trinajstić information content (AvgIpc) is 3.16. The fraction of sp³-hybridized carbons (Fsp3) is 0.0556. The first-order chi connectivity index (χ1) is 10.8. The molecule has 0 bridgehead atoms. The van der Waals surface area contributed by atoms with Gasteiger partial charge in [-0.15, -0.1) is 0 Å². The summed E-state index contributed by atoms with van der Waals surface area (Å²) in [6.45, 7) is 0. The van der Waals surface area contributed by atoms with Crippen LogP contribution in [0.15, 0.2) is 64.4 Å². The molecule has 0 amide bonds. The summed E-state index contributed by atoms with van der Waals surface area (Å²) in [5.74, 6) is 0. The Morgan fingerprint density at radius 3 is 2.45 bits per heavy atom. The van der Waals surface area contributed by atoms with Crippen LogP contribution in [0.5, 0.6) is 0 Å². The van der Waals surface area contributed by atoms with Gasteiger partial charge in [-0.05, 0) is 0 Å². The van der Waals surface area contributed by atoms with Crippen molar-refractivity contribution < 1.29 is 0 Å². The van der Waals surface area contributed by atoms with E-state index in [1.54, 1.807) is 11.8 Å². The van der Waals surface area contributed by atoms with Crippen molar-refractivity contribution in [3.63, 3.8) is 0 Å². The van der Waals surface area contributed by atoms with Gasteiger partial charge in [-0.2, -0.15) is 0 Å². The first-order valence-corrected chi connectivity index (χ1v) is 10.8. The molecule has 0 unspecified atom stereocenters. The van der Waals surface area contributed by atoms with Gasteiger partial charge in [0.1, 0.15) is 0 Å². The maximum absolute atomic E-state index is 4.82. The number of hydrogen-bond donors (Lipinski definition) is 0. The Morgan fingerprint density at radius 2 is 1.73 bits per heavy atom. The molecule has 4 aromatic rings. The third-order valence-electron chi connectivity index (χ3n) is 3.52. The van der Waals surface area contributed by atoms with Crippen molar-refractivity contribution in [3.8, 4) is 20.6 Å². The van der Waals surface area contributed by atoms with E-state index < -0.39 is 0 Å². The number of benzene rings is 2. The summed E-state index contributed by atoms with van der Waals surface area (Å²) in [6.07, 6.45) is 2.11. The first kappa shape index (κ1) is 14.3. The van der Waals surface area contributed by atoms with Gasteiger partial charge in [0.2, 0.25) is 0 Å². The zero-order valence-corrected chi connectivity index (χ0v) is 15.3. The standard InChI is InChI=1S/C18H13NS2Se/c1-20-14-9-7-12(8-10-14)17-16-15(11-22-17)19-18(21-16)13-5-3-2-4-6-13/h2-11H,1H3. The molecule has 0 aliphatic rings. The van der Waals surface area contributed by atoms with Crippen LogP contribution in [-0.4, -0.2) is 25.7 Å². The number of thioether (sulfide) groups is 1. The molecule has 2 aromatic heterocycles. The second kappa shape index (κ2) is 6.05. The number of thiazole rings is 1. The summed E-state index contributed by atoms with van der Waals surface area (Å²) in [5, 5.41) is 1.12. The van der Waals surface area contributed by atoms with Crippen molar-refractivity contribution in [2.75, 3.05) is 6.26 Å². The molecule has 22 heavy (non-hydrogen) atoms. The molecule has 2 aromatic carbocycles. The van der Waals surface area contributed by atoms with Gasteiger partial charge in [0.05, 0.1) is 0 Å². The molecule has 0 N–H and O–H groups in total. The molecule has 2 heterocycles. The SMILES string of the molecule is CSc1ccc(-c2[se]cc3nc(-c4ccccc4)sc23)cc1. The first-order valence-electron chi connectivity index (χ1n) is 6.93. The second-order valence-corrected chi connectivity index (χ2v) is 8.62. The number of nitrogens with zero attached hydrogens (tertiary/aromatic N) is 1. The van der Waals surface area contributed by atoms with Gasteiger partial charge in [-0.3, -0.25) is 0 Å². The third-order valence-corrected chi connectivity index (χ3v) is 7.83. The van der Waals surface area contributed by atoms with E-state index >= 15 is 0 Å². The van der Waals surface area contributed by atoms with E-state index in [0.717, 1.165) is 5.01 Å².